The summed E-state index contributed by atoms with van der Waals surface area (Å²) in [6, 6.07) is 9.40. The number of amides is 5. The minimum atomic E-state index is -1.12. The Bertz CT molecular complexity index is 1140. The second kappa shape index (κ2) is 9.10. The molecule has 0 aliphatic carbocycles. The van der Waals surface area contributed by atoms with E-state index in [4.69, 9.17) is 5.73 Å². The molecule has 0 bridgehead atoms. The van der Waals surface area contributed by atoms with Crippen molar-refractivity contribution in [1.82, 2.24) is 10.2 Å². The van der Waals surface area contributed by atoms with Crippen molar-refractivity contribution in [2.24, 2.45) is 5.73 Å². The van der Waals surface area contributed by atoms with E-state index in [1.807, 2.05) is 12.1 Å². The maximum atomic E-state index is 13.1. The van der Waals surface area contributed by atoms with Crippen LogP contribution in [0.15, 0.2) is 46.9 Å². The van der Waals surface area contributed by atoms with E-state index in [-0.39, 0.29) is 12.1 Å². The molecule has 0 aromatic heterocycles. The average Bonchev–Trinajstić information content (AvgIpc) is 3.39. The van der Waals surface area contributed by atoms with Crippen molar-refractivity contribution in [2.45, 2.75) is 24.9 Å². The van der Waals surface area contributed by atoms with Crippen molar-refractivity contribution in [3.05, 3.63) is 58.1 Å². The van der Waals surface area contributed by atoms with Crippen LogP contribution < -0.4 is 21.3 Å². The molecule has 2 aromatic carbocycles. The largest absolute Gasteiger partial charge is 0.478 e. The molecule has 2 aliphatic rings. The number of urea groups is 2. The summed E-state index contributed by atoms with van der Waals surface area (Å²) >= 11 is 3.24. The fourth-order valence-electron chi connectivity index (χ4n) is 4.26. The van der Waals surface area contributed by atoms with E-state index in [2.05, 4.69) is 26.6 Å². The first-order valence-corrected chi connectivity index (χ1v) is 11.1. The van der Waals surface area contributed by atoms with Crippen molar-refractivity contribution in [2.75, 3.05) is 23.3 Å². The van der Waals surface area contributed by atoms with Gasteiger partial charge < -0.3 is 26.4 Å². The van der Waals surface area contributed by atoms with Gasteiger partial charge in [-0.25, -0.2) is 14.4 Å². The van der Waals surface area contributed by atoms with Crippen LogP contribution in [0.1, 0.15) is 34.8 Å². The lowest BCUT2D eigenvalue weighted by Gasteiger charge is -2.26. The third-order valence-electron chi connectivity index (χ3n) is 5.76. The molecule has 10 nitrogen and oxygen atoms in total. The van der Waals surface area contributed by atoms with Crippen LogP contribution in [-0.4, -0.2) is 53.1 Å². The summed E-state index contributed by atoms with van der Waals surface area (Å²) in [5.74, 6) is -1.52. The smallest absolute Gasteiger partial charge is 0.335 e. The number of aromatic carboxylic acids is 1. The zero-order chi connectivity index (χ0) is 23.7. The SMILES string of the molecule is NC(=O)N1CC(NC(=O)N2CCC[C@H]2C(=O)Nc2cc(Br)cc(C(=O)O)c2)c2ccccc21. The van der Waals surface area contributed by atoms with E-state index < -0.39 is 36.0 Å². The molecule has 33 heavy (non-hydrogen) atoms. The number of hydrogen-bond acceptors (Lipinski definition) is 4. The van der Waals surface area contributed by atoms with E-state index in [1.54, 1.807) is 18.2 Å². The Kier molecular flexibility index (Phi) is 6.23. The van der Waals surface area contributed by atoms with Gasteiger partial charge in [-0.15, -0.1) is 0 Å². The van der Waals surface area contributed by atoms with Crippen LogP contribution >= 0.6 is 15.9 Å². The second-order valence-electron chi connectivity index (χ2n) is 7.88. The Morgan fingerprint density at radius 2 is 1.88 bits per heavy atom. The zero-order valence-electron chi connectivity index (χ0n) is 17.5. The Morgan fingerprint density at radius 3 is 2.61 bits per heavy atom. The van der Waals surface area contributed by atoms with E-state index >= 15 is 0 Å². The highest BCUT2D eigenvalue weighted by atomic mass is 79.9. The predicted octanol–water partition coefficient (Wildman–Crippen LogP) is 2.90. The minimum absolute atomic E-state index is 0.0274. The Balaban J connectivity index is 1.46. The maximum Gasteiger partial charge on any atom is 0.335 e. The minimum Gasteiger partial charge on any atom is -0.478 e. The summed E-state index contributed by atoms with van der Waals surface area (Å²) in [6.07, 6.45) is 1.13. The van der Waals surface area contributed by atoms with Crippen LogP contribution in [0.2, 0.25) is 0 Å². The predicted molar refractivity (Wildman–Crippen MR) is 124 cm³/mol. The summed E-state index contributed by atoms with van der Waals surface area (Å²) in [4.78, 5) is 51.9. The molecule has 5 amide bonds. The fraction of sp³-hybridized carbons (Fsp3) is 0.273. The van der Waals surface area contributed by atoms with E-state index in [0.29, 0.717) is 35.2 Å². The molecule has 172 valence electrons. The molecule has 0 radical (unpaired) electrons. The molecular weight excluding hydrogens is 494 g/mol. The molecule has 0 saturated carbocycles. The van der Waals surface area contributed by atoms with Crippen LogP contribution in [0, 0.1) is 0 Å². The van der Waals surface area contributed by atoms with Crippen LogP contribution in [0.5, 0.6) is 0 Å². The number of nitrogens with one attached hydrogen (secondary N) is 2. The Hall–Kier alpha value is -3.60. The van der Waals surface area contributed by atoms with Gasteiger partial charge in [-0.2, -0.15) is 0 Å². The molecule has 2 atom stereocenters. The molecule has 1 unspecified atom stereocenters. The maximum absolute atomic E-state index is 13.1. The number of nitrogens with two attached hydrogens (primary N) is 1. The van der Waals surface area contributed by atoms with Gasteiger partial charge in [0.1, 0.15) is 6.04 Å². The number of carboxylic acids is 1. The van der Waals surface area contributed by atoms with Gasteiger partial charge in [0.05, 0.1) is 23.8 Å². The molecule has 2 aliphatic heterocycles. The van der Waals surface area contributed by atoms with Crippen molar-refractivity contribution in [3.8, 4) is 0 Å². The van der Waals surface area contributed by atoms with Gasteiger partial charge in [0, 0.05) is 22.3 Å². The van der Waals surface area contributed by atoms with E-state index in [9.17, 15) is 24.3 Å². The van der Waals surface area contributed by atoms with Gasteiger partial charge in [0.2, 0.25) is 5.91 Å². The van der Waals surface area contributed by atoms with Crippen molar-refractivity contribution in [1.29, 1.82) is 0 Å². The molecule has 1 saturated heterocycles. The molecule has 2 heterocycles. The fourth-order valence-corrected chi connectivity index (χ4v) is 4.76. The number of likely N-dealkylation sites (tertiary alicyclic amines) is 1. The highest BCUT2D eigenvalue weighted by Gasteiger charge is 2.37. The number of hydrogen-bond donors (Lipinski definition) is 4. The number of primary amides is 1. The number of halogens is 1. The molecule has 4 rings (SSSR count). The molecule has 0 spiro atoms. The quantitative estimate of drug-likeness (QED) is 0.494. The number of nitrogens with zero attached hydrogens (tertiary/aromatic N) is 2. The van der Waals surface area contributed by atoms with Crippen molar-refractivity contribution in [3.63, 3.8) is 0 Å². The van der Waals surface area contributed by atoms with Gasteiger partial charge in [-0.1, -0.05) is 34.1 Å². The molecular formula is C22H22BrN5O5. The number of carbonyl (C=O) groups excluding carboxylic acids is 3. The Labute approximate surface area is 197 Å². The standard InChI is InChI=1S/C22H22BrN5O5/c23-13-8-12(20(30)31)9-14(10-13)25-19(29)18-6-3-7-27(18)22(33)26-16-11-28(21(24)32)17-5-2-1-4-15(16)17/h1-2,4-5,8-10,16,18H,3,6-7,11H2,(H2,24,32)(H,25,29)(H,26,33)(H,30,31)/t16?,18-/m0/s1. The number of para-hydroxylation sites is 1. The van der Waals surface area contributed by atoms with Gasteiger partial charge >= 0.3 is 18.0 Å². The lowest BCUT2D eigenvalue weighted by molar-refractivity contribution is -0.119. The van der Waals surface area contributed by atoms with Gasteiger partial charge in [-0.3, -0.25) is 9.69 Å². The van der Waals surface area contributed by atoms with E-state index in [0.717, 1.165) is 5.56 Å². The molecule has 1 fully saturated rings. The van der Waals surface area contributed by atoms with Gasteiger partial charge in [-0.05, 0) is 37.1 Å². The van der Waals surface area contributed by atoms with E-state index in [1.165, 1.54) is 21.9 Å². The first kappa shape index (κ1) is 22.6. The highest BCUT2D eigenvalue weighted by Crippen LogP contribution is 2.34. The van der Waals surface area contributed by atoms with Crippen molar-refractivity contribution >= 4 is 51.2 Å². The van der Waals surface area contributed by atoms with Gasteiger partial charge in [0.15, 0.2) is 0 Å². The first-order valence-electron chi connectivity index (χ1n) is 10.3. The molecule has 5 N–H and O–H groups in total. The Morgan fingerprint density at radius 1 is 1.12 bits per heavy atom. The third-order valence-corrected chi connectivity index (χ3v) is 6.22. The third kappa shape index (κ3) is 4.63. The average molecular weight is 516 g/mol. The first-order chi connectivity index (χ1) is 15.7. The van der Waals surface area contributed by atoms with Crippen molar-refractivity contribution < 1.29 is 24.3 Å². The lowest BCUT2D eigenvalue weighted by atomic mass is 10.1. The molecule has 2 aromatic rings. The summed E-state index contributed by atoms with van der Waals surface area (Å²) in [7, 11) is 0. The van der Waals surface area contributed by atoms with Crippen LogP contribution in [0.3, 0.4) is 0 Å². The zero-order valence-corrected chi connectivity index (χ0v) is 19.0. The number of carboxylic acid groups (broad SMARTS) is 1. The highest BCUT2D eigenvalue weighted by molar-refractivity contribution is 9.10. The van der Waals surface area contributed by atoms with Gasteiger partial charge in [0.25, 0.3) is 0 Å². The topological polar surface area (TPSA) is 145 Å². The summed E-state index contributed by atoms with van der Waals surface area (Å²) in [5.41, 5.74) is 7.25. The summed E-state index contributed by atoms with van der Waals surface area (Å²) in [5, 5.41) is 14.9. The number of rotatable bonds is 4. The number of anilines is 2. The summed E-state index contributed by atoms with van der Waals surface area (Å²) in [6.45, 7) is 0.609. The van der Waals surface area contributed by atoms with Crippen LogP contribution in [-0.2, 0) is 4.79 Å². The van der Waals surface area contributed by atoms with Crippen LogP contribution in [0.25, 0.3) is 0 Å². The number of fused-ring (bicyclic) bond motifs is 1. The summed E-state index contributed by atoms with van der Waals surface area (Å²) < 4.78 is 0.512. The number of benzene rings is 2. The number of carbonyl (C=O) groups is 4. The normalized spacial score (nSPS) is 19.2. The second-order valence-corrected chi connectivity index (χ2v) is 8.80. The van der Waals surface area contributed by atoms with Crippen LogP contribution in [0.4, 0.5) is 21.0 Å². The monoisotopic (exact) mass is 515 g/mol. The molecule has 11 heteroatoms. The lowest BCUT2D eigenvalue weighted by Crippen LogP contribution is -2.49.